The molecule has 4 rings (SSSR count). The fraction of sp³-hybridized carbons (Fsp3) is 0.591. The Morgan fingerprint density at radius 2 is 1.91 bits per heavy atom. The summed E-state index contributed by atoms with van der Waals surface area (Å²) in [5, 5.41) is 2.70. The number of H-pyrrole nitrogens is 1. The third-order valence-corrected chi connectivity index (χ3v) is 6.48. The molecule has 2 amide bonds. The van der Waals surface area contributed by atoms with Gasteiger partial charge in [0.05, 0.1) is 6.21 Å². The lowest BCUT2D eigenvalue weighted by molar-refractivity contribution is -0.133. The van der Waals surface area contributed by atoms with Crippen molar-refractivity contribution >= 4 is 18.0 Å². The van der Waals surface area contributed by atoms with Crippen LogP contribution in [-0.2, 0) is 29.0 Å². The largest absolute Gasteiger partial charge is 0.354 e. The summed E-state index contributed by atoms with van der Waals surface area (Å²) in [4.78, 5) is 61.3. The number of hydrogen-bond donors (Lipinski definition) is 2. The summed E-state index contributed by atoms with van der Waals surface area (Å²) < 4.78 is 14.6. The van der Waals surface area contributed by atoms with Crippen LogP contribution < -0.4 is 16.6 Å². The van der Waals surface area contributed by atoms with E-state index < -0.39 is 5.69 Å². The van der Waals surface area contributed by atoms with E-state index in [1.807, 2.05) is 0 Å². The third-order valence-electron chi connectivity index (χ3n) is 6.48. The van der Waals surface area contributed by atoms with E-state index >= 15 is 0 Å². The minimum absolute atomic E-state index is 0.0648. The van der Waals surface area contributed by atoms with Crippen LogP contribution in [0.25, 0.3) is 0 Å². The Bertz CT molecular complexity index is 1120. The molecule has 184 valence electrons. The highest BCUT2D eigenvalue weighted by molar-refractivity contribution is 5.79. The third kappa shape index (κ3) is 5.27. The molecule has 0 bridgehead atoms. The van der Waals surface area contributed by atoms with Crippen molar-refractivity contribution in [3.05, 3.63) is 44.1 Å². The second kappa shape index (κ2) is 10.3. The molecule has 0 radical (unpaired) electrons. The van der Waals surface area contributed by atoms with Gasteiger partial charge in [0.2, 0.25) is 11.8 Å². The predicted octanol–water partition coefficient (Wildman–Crippen LogP) is -0.823. The van der Waals surface area contributed by atoms with Crippen molar-refractivity contribution in [2.75, 3.05) is 39.8 Å². The van der Waals surface area contributed by atoms with E-state index in [4.69, 9.17) is 0 Å². The first-order valence-electron chi connectivity index (χ1n) is 11.6. The fourth-order valence-electron chi connectivity index (χ4n) is 4.72. The van der Waals surface area contributed by atoms with Crippen LogP contribution in [0.3, 0.4) is 0 Å². The van der Waals surface area contributed by atoms with E-state index in [0.717, 1.165) is 12.8 Å². The van der Waals surface area contributed by atoms with Gasteiger partial charge in [-0.3, -0.25) is 33.8 Å². The molecule has 3 aliphatic rings. The van der Waals surface area contributed by atoms with Crippen LogP contribution in [-0.4, -0.2) is 88.3 Å². The molecule has 1 saturated heterocycles. The minimum Gasteiger partial charge on any atom is -0.354 e. The van der Waals surface area contributed by atoms with Crippen molar-refractivity contribution in [1.82, 2.24) is 29.6 Å². The Morgan fingerprint density at radius 3 is 2.65 bits per heavy atom. The van der Waals surface area contributed by atoms with Crippen LogP contribution in [0.2, 0.25) is 0 Å². The molecule has 1 aromatic heterocycles. The summed E-state index contributed by atoms with van der Waals surface area (Å²) in [7, 11) is 1.76. The highest BCUT2D eigenvalue weighted by Gasteiger charge is 2.28. The highest BCUT2D eigenvalue weighted by Crippen LogP contribution is 2.17. The number of carbonyl (C=O) groups excluding carboxylic acids is 2. The average molecular weight is 476 g/mol. The number of carbonyl (C=O) groups is 2. The number of hydrogen-bond acceptors (Lipinski definition) is 7. The zero-order valence-corrected chi connectivity index (χ0v) is 19.3. The molecule has 0 spiro atoms. The second-order valence-electron chi connectivity index (χ2n) is 8.80. The zero-order valence-electron chi connectivity index (χ0n) is 19.3. The van der Waals surface area contributed by atoms with Crippen LogP contribution in [0, 0.1) is 0 Å². The Hall–Kier alpha value is -3.28. The van der Waals surface area contributed by atoms with Gasteiger partial charge in [-0.15, -0.1) is 0 Å². The van der Waals surface area contributed by atoms with Crippen LogP contribution in [0.4, 0.5) is 4.39 Å². The Morgan fingerprint density at radius 1 is 1.18 bits per heavy atom. The second-order valence-corrected chi connectivity index (χ2v) is 8.80. The fourth-order valence-corrected chi connectivity index (χ4v) is 4.72. The lowest BCUT2D eigenvalue weighted by atomic mass is 9.97. The van der Waals surface area contributed by atoms with Crippen LogP contribution in [0.1, 0.15) is 30.5 Å². The van der Waals surface area contributed by atoms with Crippen LogP contribution in [0.5, 0.6) is 0 Å². The number of nitrogens with zero attached hydrogens (tertiary/aromatic N) is 5. The summed E-state index contributed by atoms with van der Waals surface area (Å²) in [5.74, 6) is -0.831. The van der Waals surface area contributed by atoms with E-state index in [9.17, 15) is 23.6 Å². The van der Waals surface area contributed by atoms with Gasteiger partial charge >= 0.3 is 5.69 Å². The summed E-state index contributed by atoms with van der Waals surface area (Å²) >= 11 is 0. The van der Waals surface area contributed by atoms with E-state index in [0.29, 0.717) is 50.3 Å². The normalized spacial score (nSPS) is 20.6. The molecule has 1 aromatic rings. The topological polar surface area (TPSA) is 123 Å². The number of rotatable bonds is 6. The van der Waals surface area contributed by atoms with Crippen molar-refractivity contribution < 1.29 is 14.0 Å². The van der Waals surface area contributed by atoms with Crippen LogP contribution in [0.15, 0.2) is 26.6 Å². The summed E-state index contributed by atoms with van der Waals surface area (Å²) in [6.45, 7) is 2.25. The molecule has 2 aliphatic heterocycles. The number of nitrogens with one attached hydrogen (secondary N) is 2. The monoisotopic (exact) mass is 475 g/mol. The molecular weight excluding hydrogens is 445 g/mol. The molecule has 11 nitrogen and oxygen atoms in total. The van der Waals surface area contributed by atoms with Gasteiger partial charge in [0.1, 0.15) is 6.54 Å². The number of aliphatic imine (C=N–C) groups is 1. The molecule has 0 aromatic carbocycles. The number of fused-ring (bicyclic) bond motifs is 1. The number of aromatic nitrogens is 2. The maximum atomic E-state index is 13.3. The van der Waals surface area contributed by atoms with E-state index in [1.54, 1.807) is 16.8 Å². The van der Waals surface area contributed by atoms with Crippen molar-refractivity contribution in [2.45, 2.75) is 44.9 Å². The zero-order chi connectivity index (χ0) is 24.2. The van der Waals surface area contributed by atoms with E-state index in [2.05, 4.69) is 20.2 Å². The van der Waals surface area contributed by atoms with Gasteiger partial charge in [-0.1, -0.05) is 0 Å². The minimum atomic E-state index is -0.582. The number of halogens is 1. The van der Waals surface area contributed by atoms with Gasteiger partial charge in [-0.05, 0) is 25.7 Å². The first kappa shape index (κ1) is 23.9. The van der Waals surface area contributed by atoms with Crippen molar-refractivity contribution in [2.24, 2.45) is 4.99 Å². The number of amides is 2. The van der Waals surface area contributed by atoms with Crippen molar-refractivity contribution in [3.8, 4) is 0 Å². The smallest absolute Gasteiger partial charge is 0.329 e. The lowest BCUT2D eigenvalue weighted by Crippen LogP contribution is -2.55. The van der Waals surface area contributed by atoms with E-state index in [1.165, 1.54) is 17.0 Å². The molecule has 34 heavy (non-hydrogen) atoms. The quantitative estimate of drug-likeness (QED) is 0.554. The lowest BCUT2D eigenvalue weighted by Gasteiger charge is -2.41. The first-order valence-corrected chi connectivity index (χ1v) is 11.6. The average Bonchev–Trinajstić information content (AvgIpc) is 2.82. The molecule has 3 heterocycles. The standard InChI is InChI=1S/C22H30FN7O4/c1-27-13-15(23)12-25-21(27)29-10-8-28(9-11-29)19(32)6-7-24-18(31)14-30-17-5-3-2-4-16(17)20(33)26-22(30)34/h12-13,21H,2-11,14H2,1H3,(H,24,31)(H,26,33,34). The van der Waals surface area contributed by atoms with Crippen molar-refractivity contribution in [1.29, 1.82) is 0 Å². The number of piperazine rings is 1. The molecular formula is C22H30FN7O4. The molecule has 1 unspecified atom stereocenters. The summed E-state index contributed by atoms with van der Waals surface area (Å²) in [5.41, 5.74) is 0.267. The number of allylic oxidation sites excluding steroid dienone is 1. The molecule has 1 atom stereocenters. The molecule has 1 aliphatic carbocycles. The van der Waals surface area contributed by atoms with Gasteiger partial charge in [0.15, 0.2) is 12.1 Å². The summed E-state index contributed by atoms with van der Waals surface area (Å²) in [6, 6.07) is 0. The predicted molar refractivity (Wildman–Crippen MR) is 123 cm³/mol. The highest BCUT2D eigenvalue weighted by atomic mass is 19.1. The molecule has 12 heteroatoms. The van der Waals surface area contributed by atoms with Gasteiger partial charge in [0, 0.05) is 63.6 Å². The molecule has 0 saturated carbocycles. The van der Waals surface area contributed by atoms with Crippen molar-refractivity contribution in [3.63, 3.8) is 0 Å². The van der Waals surface area contributed by atoms with Gasteiger partial charge in [-0.25, -0.2) is 9.18 Å². The first-order chi connectivity index (χ1) is 16.3. The maximum Gasteiger partial charge on any atom is 0.329 e. The summed E-state index contributed by atoms with van der Waals surface area (Å²) in [6.07, 6.45) is 5.44. The van der Waals surface area contributed by atoms with Gasteiger partial charge in [0.25, 0.3) is 5.56 Å². The Labute approximate surface area is 195 Å². The Balaban J connectivity index is 1.23. The SMILES string of the molecule is CN1C=C(F)C=NC1N1CCN(C(=O)CCNC(=O)Cn2c3c(c(=O)[nH]c2=O)CCCC3)CC1. The van der Waals surface area contributed by atoms with Crippen LogP contribution >= 0.6 is 0 Å². The van der Waals surface area contributed by atoms with E-state index in [-0.39, 0.29) is 49.0 Å². The molecule has 2 N–H and O–H groups in total. The van der Waals surface area contributed by atoms with Gasteiger partial charge in [-0.2, -0.15) is 0 Å². The Kier molecular flexibility index (Phi) is 7.25. The maximum absolute atomic E-state index is 13.3. The molecule has 1 fully saturated rings. The number of aromatic amines is 1. The van der Waals surface area contributed by atoms with Gasteiger partial charge < -0.3 is 15.1 Å².